The van der Waals surface area contributed by atoms with E-state index in [4.69, 9.17) is 25.8 Å². The molecule has 0 aromatic heterocycles. The fourth-order valence-corrected chi connectivity index (χ4v) is 3.68. The van der Waals surface area contributed by atoms with Gasteiger partial charge in [0, 0.05) is 0 Å². The normalized spacial score (nSPS) is 10.7. The van der Waals surface area contributed by atoms with Gasteiger partial charge in [-0.3, -0.25) is 0 Å². The van der Waals surface area contributed by atoms with Crippen LogP contribution >= 0.6 is 11.6 Å². The molecule has 4 nitrogen and oxygen atoms in total. The third kappa shape index (κ3) is 7.81. The summed E-state index contributed by atoms with van der Waals surface area (Å²) in [5.74, 6) is 1.55. The monoisotopic (exact) mass is 480 g/mol. The quantitative estimate of drug-likeness (QED) is 0.140. The average molecular weight is 481 g/mol. The van der Waals surface area contributed by atoms with Crippen LogP contribution in [0, 0.1) is 0 Å². The molecule has 3 rings (SSSR count). The predicted molar refractivity (Wildman–Crippen MR) is 138 cm³/mol. The van der Waals surface area contributed by atoms with E-state index < -0.39 is 5.97 Å². The maximum atomic E-state index is 12.5. The van der Waals surface area contributed by atoms with Gasteiger partial charge in [-0.25, -0.2) is 4.79 Å². The number of carbonyl (C=O) groups is 1. The lowest BCUT2D eigenvalue weighted by molar-refractivity contribution is 0.0734. The Kier molecular flexibility index (Phi) is 10.3. The van der Waals surface area contributed by atoms with Crippen molar-refractivity contribution >= 4 is 17.6 Å². The van der Waals surface area contributed by atoms with E-state index in [0.29, 0.717) is 35.3 Å². The second-order valence-corrected chi connectivity index (χ2v) is 8.60. The smallest absolute Gasteiger partial charge is 0.343 e. The molecule has 0 N–H and O–H groups in total. The van der Waals surface area contributed by atoms with Crippen molar-refractivity contribution in [1.29, 1.82) is 0 Å². The summed E-state index contributed by atoms with van der Waals surface area (Å²) in [7, 11) is 0. The highest BCUT2D eigenvalue weighted by atomic mass is 35.5. The summed E-state index contributed by atoms with van der Waals surface area (Å²) in [6.07, 6.45) is 6.66. The summed E-state index contributed by atoms with van der Waals surface area (Å²) in [6, 6.07) is 20.2. The van der Waals surface area contributed by atoms with Crippen LogP contribution in [0.2, 0.25) is 5.02 Å². The zero-order valence-electron chi connectivity index (χ0n) is 20.0. The predicted octanol–water partition coefficient (Wildman–Crippen LogP) is 8.36. The lowest BCUT2D eigenvalue weighted by Crippen LogP contribution is -2.08. The van der Waals surface area contributed by atoms with Crippen molar-refractivity contribution in [1.82, 2.24) is 0 Å². The molecule has 0 heterocycles. The Bertz CT molecular complexity index is 1030. The molecular weight excluding hydrogens is 448 g/mol. The molecule has 5 heteroatoms. The van der Waals surface area contributed by atoms with Crippen LogP contribution in [0.15, 0.2) is 66.7 Å². The van der Waals surface area contributed by atoms with E-state index in [1.807, 2.05) is 42.5 Å². The highest BCUT2D eigenvalue weighted by molar-refractivity contribution is 6.32. The number of hydrogen-bond donors (Lipinski definition) is 0. The van der Waals surface area contributed by atoms with Gasteiger partial charge < -0.3 is 14.2 Å². The Morgan fingerprint density at radius 1 is 0.706 bits per heavy atom. The molecule has 0 saturated heterocycles. The van der Waals surface area contributed by atoms with Gasteiger partial charge in [-0.05, 0) is 72.5 Å². The summed E-state index contributed by atoms with van der Waals surface area (Å²) in [6.45, 7) is 5.68. The first-order chi connectivity index (χ1) is 16.6. The molecule has 3 aromatic rings. The van der Waals surface area contributed by atoms with E-state index in [9.17, 15) is 4.79 Å². The molecule has 0 aliphatic rings. The first-order valence-electron chi connectivity index (χ1n) is 12.1. The fourth-order valence-electron chi connectivity index (χ4n) is 3.44. The number of hydrogen-bond acceptors (Lipinski definition) is 4. The Morgan fingerprint density at radius 3 is 1.91 bits per heavy atom. The van der Waals surface area contributed by atoms with E-state index >= 15 is 0 Å². The number of ether oxygens (including phenoxy) is 3. The number of esters is 1. The number of carbonyl (C=O) groups excluding carboxylic acids is 1. The van der Waals surface area contributed by atoms with Gasteiger partial charge in [0.15, 0.2) is 0 Å². The second kappa shape index (κ2) is 13.7. The third-order valence-electron chi connectivity index (χ3n) is 5.44. The van der Waals surface area contributed by atoms with E-state index in [-0.39, 0.29) is 0 Å². The SMILES string of the molecule is CCCCCOc1ccc(OC(=O)c2ccc(-c3ccc(OCCCCC)c(Cl)c3)cc2)cc1. The summed E-state index contributed by atoms with van der Waals surface area (Å²) in [4.78, 5) is 12.5. The maximum absolute atomic E-state index is 12.5. The lowest BCUT2D eigenvalue weighted by Gasteiger charge is -2.10. The molecule has 0 bridgehead atoms. The second-order valence-electron chi connectivity index (χ2n) is 8.19. The molecule has 0 amide bonds. The topological polar surface area (TPSA) is 44.8 Å². The molecule has 0 saturated carbocycles. The van der Waals surface area contributed by atoms with Crippen LogP contribution in [0.3, 0.4) is 0 Å². The molecule has 0 atom stereocenters. The zero-order chi connectivity index (χ0) is 24.2. The van der Waals surface area contributed by atoms with Gasteiger partial charge in [0.25, 0.3) is 0 Å². The van der Waals surface area contributed by atoms with E-state index in [1.54, 1.807) is 24.3 Å². The minimum absolute atomic E-state index is 0.406. The highest BCUT2D eigenvalue weighted by Gasteiger charge is 2.10. The molecule has 3 aromatic carbocycles. The van der Waals surface area contributed by atoms with Gasteiger partial charge in [-0.2, -0.15) is 0 Å². The molecule has 0 radical (unpaired) electrons. The Labute approximate surface area is 207 Å². The van der Waals surface area contributed by atoms with Crippen molar-refractivity contribution in [3.05, 3.63) is 77.3 Å². The lowest BCUT2D eigenvalue weighted by atomic mass is 10.0. The molecular formula is C29H33ClO4. The molecule has 34 heavy (non-hydrogen) atoms. The summed E-state index contributed by atoms with van der Waals surface area (Å²) >= 11 is 6.41. The standard InChI is InChI=1S/C29H33ClO4/c1-3-5-7-19-32-25-14-16-26(17-15-25)34-29(31)23-11-9-22(10-12-23)24-13-18-28(27(30)21-24)33-20-8-6-4-2/h9-18,21H,3-8,19-20H2,1-2H3. The summed E-state index contributed by atoms with van der Waals surface area (Å²) in [5, 5.41) is 0.579. The number of rotatable bonds is 13. The van der Waals surface area contributed by atoms with Crippen molar-refractivity contribution in [2.24, 2.45) is 0 Å². The molecule has 0 fully saturated rings. The maximum Gasteiger partial charge on any atom is 0.343 e. The Hall–Kier alpha value is -2.98. The molecule has 0 spiro atoms. The van der Waals surface area contributed by atoms with Crippen molar-refractivity contribution in [2.45, 2.75) is 52.4 Å². The van der Waals surface area contributed by atoms with Crippen LogP contribution in [-0.4, -0.2) is 19.2 Å². The minimum Gasteiger partial charge on any atom is -0.494 e. The van der Waals surface area contributed by atoms with Crippen molar-refractivity contribution in [3.63, 3.8) is 0 Å². The van der Waals surface area contributed by atoms with Gasteiger partial charge in [0.2, 0.25) is 0 Å². The zero-order valence-corrected chi connectivity index (χ0v) is 20.8. The Balaban J connectivity index is 1.55. The van der Waals surface area contributed by atoms with Crippen LogP contribution in [0.4, 0.5) is 0 Å². The van der Waals surface area contributed by atoms with E-state index in [2.05, 4.69) is 13.8 Å². The first kappa shape index (κ1) is 25.6. The Morgan fingerprint density at radius 2 is 1.29 bits per heavy atom. The number of halogens is 1. The van der Waals surface area contributed by atoms with Gasteiger partial charge >= 0.3 is 5.97 Å². The van der Waals surface area contributed by atoms with Gasteiger partial charge in [-0.1, -0.05) is 69.3 Å². The van der Waals surface area contributed by atoms with E-state index in [1.165, 1.54) is 0 Å². The van der Waals surface area contributed by atoms with Gasteiger partial charge in [0.1, 0.15) is 17.2 Å². The minimum atomic E-state index is -0.406. The molecule has 0 aliphatic heterocycles. The average Bonchev–Trinajstić information content (AvgIpc) is 2.86. The highest BCUT2D eigenvalue weighted by Crippen LogP contribution is 2.31. The largest absolute Gasteiger partial charge is 0.494 e. The summed E-state index contributed by atoms with van der Waals surface area (Å²) < 4.78 is 17.0. The van der Waals surface area contributed by atoms with Crippen molar-refractivity contribution in [2.75, 3.05) is 13.2 Å². The first-order valence-corrected chi connectivity index (χ1v) is 12.5. The van der Waals surface area contributed by atoms with Gasteiger partial charge in [0.05, 0.1) is 23.8 Å². The van der Waals surface area contributed by atoms with E-state index in [0.717, 1.165) is 55.4 Å². The molecule has 180 valence electrons. The van der Waals surface area contributed by atoms with Crippen LogP contribution in [0.5, 0.6) is 17.2 Å². The number of benzene rings is 3. The van der Waals surface area contributed by atoms with Crippen LogP contribution in [-0.2, 0) is 0 Å². The van der Waals surface area contributed by atoms with Crippen molar-refractivity contribution in [3.8, 4) is 28.4 Å². The van der Waals surface area contributed by atoms with Crippen LogP contribution in [0.1, 0.15) is 62.7 Å². The van der Waals surface area contributed by atoms with Crippen LogP contribution in [0.25, 0.3) is 11.1 Å². The van der Waals surface area contributed by atoms with Crippen molar-refractivity contribution < 1.29 is 19.0 Å². The summed E-state index contributed by atoms with van der Waals surface area (Å²) in [5.41, 5.74) is 2.39. The number of unbranched alkanes of at least 4 members (excludes halogenated alkanes) is 4. The molecule has 0 aliphatic carbocycles. The van der Waals surface area contributed by atoms with Gasteiger partial charge in [-0.15, -0.1) is 0 Å². The molecule has 0 unspecified atom stereocenters. The van der Waals surface area contributed by atoms with Crippen LogP contribution < -0.4 is 14.2 Å². The third-order valence-corrected chi connectivity index (χ3v) is 5.74. The fraction of sp³-hybridized carbons (Fsp3) is 0.345.